The van der Waals surface area contributed by atoms with Crippen molar-refractivity contribution in [1.82, 2.24) is 14.5 Å². The normalized spacial score (nSPS) is 15.2. The molecule has 0 spiro atoms. The highest BCUT2D eigenvalue weighted by Crippen LogP contribution is 2.21. The van der Waals surface area contributed by atoms with E-state index in [-0.39, 0.29) is 4.88 Å². The first-order valence-electron chi connectivity index (χ1n) is 6.07. The van der Waals surface area contributed by atoms with Crippen LogP contribution in [0, 0.1) is 0 Å². The summed E-state index contributed by atoms with van der Waals surface area (Å²) in [7, 11) is 0. The fraction of sp³-hybridized carbons (Fsp3) is 0.308. The molecule has 98 valence electrons. The van der Waals surface area contributed by atoms with Crippen molar-refractivity contribution in [2.45, 2.75) is 19.5 Å². The number of hydrogen-bond donors (Lipinski definition) is 1. The van der Waals surface area contributed by atoms with Crippen molar-refractivity contribution in [2.75, 3.05) is 6.54 Å². The van der Waals surface area contributed by atoms with Crippen LogP contribution >= 0.6 is 11.5 Å². The third kappa shape index (κ3) is 2.50. The van der Waals surface area contributed by atoms with E-state index in [0.29, 0.717) is 12.2 Å². The fourth-order valence-corrected chi connectivity index (χ4v) is 2.89. The maximum Gasteiger partial charge on any atom is 0.349 e. The Morgan fingerprint density at radius 3 is 2.95 bits per heavy atom. The number of aromatic nitrogens is 2. The van der Waals surface area contributed by atoms with Crippen molar-refractivity contribution in [1.29, 1.82) is 0 Å². The zero-order chi connectivity index (χ0) is 13.2. The Hall–Kier alpha value is -1.79. The number of benzene rings is 1. The minimum absolute atomic E-state index is 0.249. The molecule has 3 rings (SSSR count). The number of nitrogens with zero attached hydrogens (tertiary/aromatic N) is 3. The van der Waals surface area contributed by atoms with Crippen LogP contribution in [0.4, 0.5) is 0 Å². The lowest BCUT2D eigenvalue weighted by Crippen LogP contribution is -2.30. The van der Waals surface area contributed by atoms with Crippen LogP contribution < -0.4 is 0 Å². The van der Waals surface area contributed by atoms with Gasteiger partial charge in [-0.05, 0) is 29.1 Å². The third-order valence-corrected chi connectivity index (χ3v) is 4.09. The van der Waals surface area contributed by atoms with Gasteiger partial charge in [-0.15, -0.1) is 5.10 Å². The van der Waals surface area contributed by atoms with Crippen molar-refractivity contribution >= 4 is 17.5 Å². The number of carboxylic acid groups (broad SMARTS) is 1. The number of carbonyl (C=O) groups is 1. The van der Waals surface area contributed by atoms with Crippen molar-refractivity contribution < 1.29 is 9.90 Å². The molecule has 1 N–H and O–H groups in total. The van der Waals surface area contributed by atoms with Crippen LogP contribution in [0.25, 0.3) is 0 Å². The lowest BCUT2D eigenvalue weighted by atomic mass is 10.00. The van der Waals surface area contributed by atoms with Gasteiger partial charge >= 0.3 is 5.97 Å². The molecule has 2 aromatic rings. The van der Waals surface area contributed by atoms with Crippen LogP contribution in [0.5, 0.6) is 0 Å². The minimum Gasteiger partial charge on any atom is -0.477 e. The number of carboxylic acids is 1. The molecule has 1 aromatic carbocycles. The molecule has 1 aliphatic heterocycles. The Balaban J connectivity index is 1.76. The highest BCUT2D eigenvalue weighted by Gasteiger charge is 2.21. The number of fused-ring (bicyclic) bond motifs is 1. The zero-order valence-electron chi connectivity index (χ0n) is 10.2. The lowest BCUT2D eigenvalue weighted by Gasteiger charge is -2.27. The molecular formula is C13H13N3O2S. The molecule has 0 bridgehead atoms. The van der Waals surface area contributed by atoms with Crippen LogP contribution in [0.2, 0.25) is 0 Å². The minimum atomic E-state index is -0.942. The van der Waals surface area contributed by atoms with Crippen LogP contribution in [-0.2, 0) is 19.5 Å². The summed E-state index contributed by atoms with van der Waals surface area (Å²) < 4.78 is 3.74. The highest BCUT2D eigenvalue weighted by atomic mass is 32.1. The van der Waals surface area contributed by atoms with Gasteiger partial charge in [-0.3, -0.25) is 4.90 Å². The lowest BCUT2D eigenvalue weighted by molar-refractivity contribution is 0.0699. The second kappa shape index (κ2) is 5.07. The predicted molar refractivity (Wildman–Crippen MR) is 71.1 cm³/mol. The van der Waals surface area contributed by atoms with Gasteiger partial charge in [-0.1, -0.05) is 28.8 Å². The van der Waals surface area contributed by atoms with Gasteiger partial charge in [-0.25, -0.2) is 4.79 Å². The summed E-state index contributed by atoms with van der Waals surface area (Å²) in [6, 6.07) is 8.37. The molecule has 0 aliphatic carbocycles. The SMILES string of the molecule is O=C(O)c1snnc1CN1CCc2ccccc2C1. The third-order valence-electron chi connectivity index (χ3n) is 3.33. The largest absolute Gasteiger partial charge is 0.477 e. The Morgan fingerprint density at radius 1 is 1.37 bits per heavy atom. The van der Waals surface area contributed by atoms with E-state index in [1.165, 1.54) is 11.1 Å². The van der Waals surface area contributed by atoms with E-state index in [1.807, 2.05) is 6.07 Å². The maximum absolute atomic E-state index is 11.0. The van der Waals surface area contributed by atoms with Crippen LogP contribution in [0.15, 0.2) is 24.3 Å². The molecule has 6 heteroatoms. The molecular weight excluding hydrogens is 262 g/mol. The van der Waals surface area contributed by atoms with Gasteiger partial charge in [0.2, 0.25) is 0 Å². The topological polar surface area (TPSA) is 66.3 Å². The average Bonchev–Trinajstić information content (AvgIpc) is 2.87. The molecule has 0 fully saturated rings. The second-order valence-corrected chi connectivity index (χ2v) is 5.34. The van der Waals surface area contributed by atoms with Gasteiger partial charge in [0.05, 0.1) is 0 Å². The van der Waals surface area contributed by atoms with E-state index in [4.69, 9.17) is 5.11 Å². The van der Waals surface area contributed by atoms with Crippen LogP contribution in [-0.4, -0.2) is 32.1 Å². The van der Waals surface area contributed by atoms with Crippen LogP contribution in [0.3, 0.4) is 0 Å². The van der Waals surface area contributed by atoms with E-state index in [0.717, 1.165) is 31.0 Å². The number of hydrogen-bond acceptors (Lipinski definition) is 5. The summed E-state index contributed by atoms with van der Waals surface area (Å²) in [5, 5.41) is 13.0. The summed E-state index contributed by atoms with van der Waals surface area (Å²) in [4.78, 5) is 13.5. The Bertz CT molecular complexity index is 611. The molecule has 0 atom stereocenters. The molecule has 5 nitrogen and oxygen atoms in total. The van der Waals surface area contributed by atoms with Crippen molar-refractivity contribution in [3.63, 3.8) is 0 Å². The summed E-state index contributed by atoms with van der Waals surface area (Å²) in [6.45, 7) is 2.31. The van der Waals surface area contributed by atoms with Gasteiger partial charge < -0.3 is 5.11 Å². The first-order chi connectivity index (χ1) is 9.24. The van der Waals surface area contributed by atoms with Crippen molar-refractivity contribution in [3.8, 4) is 0 Å². The first kappa shape index (κ1) is 12.3. The summed E-state index contributed by atoms with van der Waals surface area (Å²) in [6.07, 6.45) is 0.996. The quantitative estimate of drug-likeness (QED) is 0.925. The van der Waals surface area contributed by atoms with Gasteiger partial charge in [-0.2, -0.15) is 0 Å². The molecule has 19 heavy (non-hydrogen) atoms. The summed E-state index contributed by atoms with van der Waals surface area (Å²) >= 11 is 0.945. The fourth-order valence-electron chi connectivity index (χ4n) is 2.38. The van der Waals surface area contributed by atoms with E-state index >= 15 is 0 Å². The van der Waals surface area contributed by atoms with Crippen LogP contribution in [0.1, 0.15) is 26.5 Å². The van der Waals surface area contributed by atoms with E-state index < -0.39 is 5.97 Å². The van der Waals surface area contributed by atoms with Crippen molar-refractivity contribution in [3.05, 3.63) is 46.0 Å². The standard InChI is InChI=1S/C13H13N3O2S/c17-13(18)12-11(14-15-19-12)8-16-6-5-9-3-1-2-4-10(9)7-16/h1-4H,5-8H2,(H,17,18). The monoisotopic (exact) mass is 275 g/mol. The van der Waals surface area contributed by atoms with E-state index in [1.54, 1.807) is 0 Å². The second-order valence-electron chi connectivity index (χ2n) is 4.58. The maximum atomic E-state index is 11.0. The van der Waals surface area contributed by atoms with Gasteiger partial charge in [0.1, 0.15) is 5.69 Å². The Labute approximate surface area is 114 Å². The number of aromatic carboxylic acids is 1. The molecule has 1 aromatic heterocycles. The van der Waals surface area contributed by atoms with Gasteiger partial charge in [0, 0.05) is 19.6 Å². The Morgan fingerprint density at radius 2 is 2.16 bits per heavy atom. The molecule has 0 radical (unpaired) electrons. The molecule has 0 amide bonds. The smallest absolute Gasteiger partial charge is 0.349 e. The molecule has 1 aliphatic rings. The Kier molecular flexibility index (Phi) is 3.27. The molecule has 0 unspecified atom stereocenters. The molecule has 0 saturated heterocycles. The predicted octanol–water partition coefficient (Wildman–Crippen LogP) is 1.79. The summed E-state index contributed by atoms with van der Waals surface area (Å²) in [5.41, 5.74) is 3.26. The first-order valence-corrected chi connectivity index (χ1v) is 6.85. The summed E-state index contributed by atoms with van der Waals surface area (Å²) in [5.74, 6) is -0.942. The van der Waals surface area contributed by atoms with Gasteiger partial charge in [0.15, 0.2) is 4.88 Å². The van der Waals surface area contributed by atoms with E-state index in [9.17, 15) is 4.79 Å². The van der Waals surface area contributed by atoms with Crippen molar-refractivity contribution in [2.24, 2.45) is 0 Å². The molecule has 0 saturated carbocycles. The average molecular weight is 275 g/mol. The molecule has 2 heterocycles. The van der Waals surface area contributed by atoms with E-state index in [2.05, 4.69) is 32.7 Å². The zero-order valence-corrected chi connectivity index (χ0v) is 11.1. The number of rotatable bonds is 3. The highest BCUT2D eigenvalue weighted by molar-refractivity contribution is 7.07. The van der Waals surface area contributed by atoms with Gasteiger partial charge in [0.25, 0.3) is 0 Å².